The number of carbonyl (C=O) groups is 1. The van der Waals surface area contributed by atoms with Gasteiger partial charge in [0.15, 0.2) is 11.5 Å². The highest BCUT2D eigenvalue weighted by Gasteiger charge is 2.25. The first-order valence-electron chi connectivity index (χ1n) is 7.61. The van der Waals surface area contributed by atoms with Gasteiger partial charge in [-0.05, 0) is 37.5 Å². The maximum absolute atomic E-state index is 12.3. The minimum atomic E-state index is 0.0213. The SMILES string of the molecule is CCc1nc2cc(NC(=O)C3CCCC(N)C3)ccc2o1. The number of hydrogen-bond donors (Lipinski definition) is 2. The first-order valence-corrected chi connectivity index (χ1v) is 7.61. The average Bonchev–Trinajstić information content (AvgIpc) is 2.89. The van der Waals surface area contributed by atoms with E-state index in [9.17, 15) is 4.79 Å². The summed E-state index contributed by atoms with van der Waals surface area (Å²) in [4.78, 5) is 16.7. The van der Waals surface area contributed by atoms with E-state index >= 15 is 0 Å². The molecule has 21 heavy (non-hydrogen) atoms. The number of aryl methyl sites for hydroxylation is 1. The van der Waals surface area contributed by atoms with Crippen LogP contribution in [-0.4, -0.2) is 16.9 Å². The van der Waals surface area contributed by atoms with Gasteiger partial charge in [0.1, 0.15) is 5.52 Å². The number of aromatic nitrogens is 1. The van der Waals surface area contributed by atoms with Gasteiger partial charge in [-0.2, -0.15) is 0 Å². The second kappa shape index (κ2) is 5.85. The van der Waals surface area contributed by atoms with Crippen molar-refractivity contribution in [2.45, 2.75) is 45.1 Å². The monoisotopic (exact) mass is 287 g/mol. The van der Waals surface area contributed by atoms with Gasteiger partial charge in [0, 0.05) is 24.1 Å². The normalized spacial score (nSPS) is 22.4. The van der Waals surface area contributed by atoms with E-state index in [1.807, 2.05) is 25.1 Å². The summed E-state index contributed by atoms with van der Waals surface area (Å²) in [7, 11) is 0. The Bertz CT molecular complexity index is 650. The van der Waals surface area contributed by atoms with E-state index in [1.165, 1.54) is 0 Å². The lowest BCUT2D eigenvalue weighted by Crippen LogP contribution is -2.34. The summed E-state index contributed by atoms with van der Waals surface area (Å²) < 4.78 is 5.57. The van der Waals surface area contributed by atoms with Crippen molar-refractivity contribution in [2.24, 2.45) is 11.7 Å². The van der Waals surface area contributed by atoms with E-state index in [2.05, 4.69) is 10.3 Å². The molecule has 1 amide bonds. The molecule has 0 bridgehead atoms. The fraction of sp³-hybridized carbons (Fsp3) is 0.500. The van der Waals surface area contributed by atoms with E-state index in [0.29, 0.717) is 5.89 Å². The van der Waals surface area contributed by atoms with E-state index < -0.39 is 0 Å². The van der Waals surface area contributed by atoms with Crippen LogP contribution in [0.4, 0.5) is 5.69 Å². The van der Waals surface area contributed by atoms with Gasteiger partial charge in [-0.15, -0.1) is 0 Å². The summed E-state index contributed by atoms with van der Waals surface area (Å²) in [5.74, 6) is 0.795. The van der Waals surface area contributed by atoms with E-state index in [-0.39, 0.29) is 17.9 Å². The number of benzene rings is 1. The lowest BCUT2D eigenvalue weighted by Gasteiger charge is -2.25. The second-order valence-corrected chi connectivity index (χ2v) is 5.76. The minimum absolute atomic E-state index is 0.0213. The quantitative estimate of drug-likeness (QED) is 0.909. The van der Waals surface area contributed by atoms with E-state index in [1.54, 1.807) is 0 Å². The summed E-state index contributed by atoms with van der Waals surface area (Å²) >= 11 is 0. The number of nitrogens with two attached hydrogens (primary N) is 1. The maximum Gasteiger partial charge on any atom is 0.227 e. The molecular formula is C16H21N3O2. The minimum Gasteiger partial charge on any atom is -0.441 e. The molecule has 1 aliphatic rings. The van der Waals surface area contributed by atoms with Crippen LogP contribution in [0.1, 0.15) is 38.5 Å². The molecule has 1 heterocycles. The molecule has 0 spiro atoms. The predicted octanol–water partition coefficient (Wildman–Crippen LogP) is 2.85. The third-order valence-corrected chi connectivity index (χ3v) is 4.09. The summed E-state index contributed by atoms with van der Waals surface area (Å²) in [5, 5.41) is 2.98. The van der Waals surface area contributed by atoms with Gasteiger partial charge in [0.2, 0.25) is 5.91 Å². The standard InChI is InChI=1S/C16H21N3O2/c1-2-15-19-13-9-12(6-7-14(13)21-15)18-16(20)10-4-3-5-11(17)8-10/h6-7,9-11H,2-5,8,17H2,1H3,(H,18,20). The Morgan fingerprint density at radius 3 is 3.10 bits per heavy atom. The molecule has 2 aromatic rings. The van der Waals surface area contributed by atoms with Crippen molar-refractivity contribution in [1.82, 2.24) is 4.98 Å². The summed E-state index contributed by atoms with van der Waals surface area (Å²) in [6, 6.07) is 5.72. The molecule has 1 aromatic heterocycles. The van der Waals surface area contributed by atoms with Gasteiger partial charge in [0.25, 0.3) is 0 Å². The van der Waals surface area contributed by atoms with Crippen molar-refractivity contribution in [2.75, 3.05) is 5.32 Å². The summed E-state index contributed by atoms with van der Waals surface area (Å²) in [5.41, 5.74) is 8.25. The van der Waals surface area contributed by atoms with Gasteiger partial charge in [-0.1, -0.05) is 13.3 Å². The van der Waals surface area contributed by atoms with Crippen molar-refractivity contribution in [1.29, 1.82) is 0 Å². The largest absolute Gasteiger partial charge is 0.441 e. The molecule has 0 radical (unpaired) electrons. The summed E-state index contributed by atoms with van der Waals surface area (Å²) in [6.07, 6.45) is 4.51. The molecule has 5 heteroatoms. The molecule has 1 aromatic carbocycles. The molecule has 3 rings (SSSR count). The van der Waals surface area contributed by atoms with E-state index in [0.717, 1.165) is 48.9 Å². The topological polar surface area (TPSA) is 81.2 Å². The number of amides is 1. The molecule has 1 aliphatic carbocycles. The number of rotatable bonds is 3. The van der Waals surface area contributed by atoms with Crippen LogP contribution in [-0.2, 0) is 11.2 Å². The van der Waals surface area contributed by atoms with Crippen molar-refractivity contribution in [3.63, 3.8) is 0 Å². The Balaban J connectivity index is 1.73. The Labute approximate surface area is 123 Å². The van der Waals surface area contributed by atoms with Crippen LogP contribution < -0.4 is 11.1 Å². The first kappa shape index (κ1) is 14.1. The van der Waals surface area contributed by atoms with Crippen LogP contribution in [0, 0.1) is 5.92 Å². The second-order valence-electron chi connectivity index (χ2n) is 5.76. The Morgan fingerprint density at radius 2 is 2.33 bits per heavy atom. The smallest absolute Gasteiger partial charge is 0.227 e. The number of hydrogen-bond acceptors (Lipinski definition) is 4. The first-order chi connectivity index (χ1) is 10.2. The zero-order valence-corrected chi connectivity index (χ0v) is 12.3. The van der Waals surface area contributed by atoms with Crippen LogP contribution in [0.3, 0.4) is 0 Å². The van der Waals surface area contributed by atoms with Crippen LogP contribution in [0.15, 0.2) is 22.6 Å². The average molecular weight is 287 g/mol. The maximum atomic E-state index is 12.3. The molecular weight excluding hydrogens is 266 g/mol. The van der Waals surface area contributed by atoms with Crippen LogP contribution in [0.5, 0.6) is 0 Å². The van der Waals surface area contributed by atoms with Gasteiger partial charge in [0.05, 0.1) is 0 Å². The van der Waals surface area contributed by atoms with Gasteiger partial charge < -0.3 is 15.5 Å². The fourth-order valence-corrected chi connectivity index (χ4v) is 2.91. The highest BCUT2D eigenvalue weighted by molar-refractivity contribution is 5.94. The number of fused-ring (bicyclic) bond motifs is 1. The number of anilines is 1. The fourth-order valence-electron chi connectivity index (χ4n) is 2.91. The number of nitrogens with one attached hydrogen (secondary N) is 1. The van der Waals surface area contributed by atoms with Crippen LogP contribution in [0.25, 0.3) is 11.1 Å². The van der Waals surface area contributed by atoms with Crippen molar-refractivity contribution in [3.05, 3.63) is 24.1 Å². The van der Waals surface area contributed by atoms with E-state index in [4.69, 9.17) is 10.2 Å². The molecule has 112 valence electrons. The Hall–Kier alpha value is -1.88. The van der Waals surface area contributed by atoms with Crippen LogP contribution >= 0.6 is 0 Å². The molecule has 3 N–H and O–H groups in total. The summed E-state index contributed by atoms with van der Waals surface area (Å²) in [6.45, 7) is 2.00. The number of oxazole rings is 1. The third-order valence-electron chi connectivity index (χ3n) is 4.09. The molecule has 2 atom stereocenters. The zero-order chi connectivity index (χ0) is 14.8. The highest BCUT2D eigenvalue weighted by Crippen LogP contribution is 2.25. The predicted molar refractivity (Wildman–Crippen MR) is 82.0 cm³/mol. The van der Waals surface area contributed by atoms with Gasteiger partial charge in [-0.3, -0.25) is 4.79 Å². The molecule has 1 saturated carbocycles. The lowest BCUT2D eigenvalue weighted by molar-refractivity contribution is -0.120. The van der Waals surface area contributed by atoms with Crippen molar-refractivity contribution in [3.8, 4) is 0 Å². The molecule has 0 aliphatic heterocycles. The lowest BCUT2D eigenvalue weighted by atomic mass is 9.85. The van der Waals surface area contributed by atoms with Gasteiger partial charge in [-0.25, -0.2) is 4.98 Å². The Kier molecular flexibility index (Phi) is 3.92. The number of carbonyl (C=O) groups excluding carboxylic acids is 1. The molecule has 1 fully saturated rings. The molecule has 0 saturated heterocycles. The van der Waals surface area contributed by atoms with Crippen molar-refractivity contribution < 1.29 is 9.21 Å². The van der Waals surface area contributed by atoms with Gasteiger partial charge >= 0.3 is 0 Å². The third kappa shape index (κ3) is 3.08. The Morgan fingerprint density at radius 1 is 1.48 bits per heavy atom. The van der Waals surface area contributed by atoms with Crippen LogP contribution in [0.2, 0.25) is 0 Å². The zero-order valence-electron chi connectivity index (χ0n) is 12.3. The molecule has 2 unspecified atom stereocenters. The van der Waals surface area contributed by atoms with Crippen molar-refractivity contribution >= 4 is 22.7 Å². The number of nitrogens with zero attached hydrogens (tertiary/aromatic N) is 1. The molecule has 5 nitrogen and oxygen atoms in total. The highest BCUT2D eigenvalue weighted by atomic mass is 16.3.